The fourth-order valence-corrected chi connectivity index (χ4v) is 4.00. The van der Waals surface area contributed by atoms with Crippen LogP contribution < -0.4 is 5.32 Å². The van der Waals surface area contributed by atoms with Crippen LogP contribution in [0, 0.1) is 6.92 Å². The Bertz CT molecular complexity index is 684. The molecule has 0 radical (unpaired) electrons. The summed E-state index contributed by atoms with van der Waals surface area (Å²) in [5.41, 5.74) is 2.24. The van der Waals surface area contributed by atoms with E-state index in [-0.39, 0.29) is 6.04 Å². The lowest BCUT2D eigenvalue weighted by Crippen LogP contribution is -2.24. The lowest BCUT2D eigenvalue weighted by molar-refractivity contribution is 0.519. The van der Waals surface area contributed by atoms with Gasteiger partial charge >= 0.3 is 0 Å². The minimum Gasteiger partial charge on any atom is -0.308 e. The van der Waals surface area contributed by atoms with E-state index in [2.05, 4.69) is 47.7 Å². The fourth-order valence-electron chi connectivity index (χ4n) is 2.32. The van der Waals surface area contributed by atoms with Crippen molar-refractivity contribution in [1.29, 1.82) is 0 Å². The van der Waals surface area contributed by atoms with E-state index in [1.54, 1.807) is 22.7 Å². The third-order valence-corrected chi connectivity index (χ3v) is 5.20. The quantitative estimate of drug-likeness (QED) is 0.734. The highest BCUT2D eigenvalue weighted by molar-refractivity contribution is 7.18. The lowest BCUT2D eigenvalue weighted by atomic mass is 10.1. The number of para-hydroxylation sites is 1. The van der Waals surface area contributed by atoms with Gasteiger partial charge in [-0.15, -0.1) is 22.7 Å². The number of thiazole rings is 2. The number of hydrogen-bond acceptors (Lipinski definition) is 5. The van der Waals surface area contributed by atoms with Gasteiger partial charge < -0.3 is 5.32 Å². The molecule has 2 heterocycles. The molecule has 0 aliphatic rings. The van der Waals surface area contributed by atoms with Gasteiger partial charge in [0.25, 0.3) is 0 Å². The monoisotopic (exact) mass is 317 g/mol. The molecule has 0 amide bonds. The second kappa shape index (κ2) is 6.64. The Morgan fingerprint density at radius 1 is 1.24 bits per heavy atom. The minimum absolute atomic E-state index is 0.260. The van der Waals surface area contributed by atoms with Crippen LogP contribution in [0.1, 0.15) is 35.1 Å². The highest BCUT2D eigenvalue weighted by atomic mass is 32.1. The molecular formula is C16H19N3S2. The first-order valence-corrected chi connectivity index (χ1v) is 8.95. The molecule has 5 heteroatoms. The molecule has 0 saturated carbocycles. The van der Waals surface area contributed by atoms with Gasteiger partial charge in [-0.25, -0.2) is 9.97 Å². The van der Waals surface area contributed by atoms with Gasteiger partial charge in [0.15, 0.2) is 0 Å². The molecule has 1 unspecified atom stereocenters. The molecule has 3 nitrogen and oxygen atoms in total. The summed E-state index contributed by atoms with van der Waals surface area (Å²) in [6, 6.07) is 8.59. The molecule has 0 aliphatic carbocycles. The van der Waals surface area contributed by atoms with Crippen molar-refractivity contribution in [3.63, 3.8) is 0 Å². The van der Waals surface area contributed by atoms with E-state index in [9.17, 15) is 0 Å². The van der Waals surface area contributed by atoms with Gasteiger partial charge in [0.2, 0.25) is 0 Å². The largest absolute Gasteiger partial charge is 0.308 e. The SMILES string of the molecule is CCCNC(Cc1nc2ccccc2s1)c1csc(C)n1. The van der Waals surface area contributed by atoms with E-state index < -0.39 is 0 Å². The summed E-state index contributed by atoms with van der Waals surface area (Å²) in [5, 5.41) is 8.06. The Morgan fingerprint density at radius 2 is 2.10 bits per heavy atom. The first-order valence-electron chi connectivity index (χ1n) is 7.26. The van der Waals surface area contributed by atoms with E-state index in [1.807, 2.05) is 6.07 Å². The average molecular weight is 317 g/mol. The molecule has 0 saturated heterocycles. The minimum atomic E-state index is 0.260. The van der Waals surface area contributed by atoms with Crippen molar-refractivity contribution in [3.05, 3.63) is 45.4 Å². The molecule has 1 atom stereocenters. The molecule has 0 spiro atoms. The number of fused-ring (bicyclic) bond motifs is 1. The lowest BCUT2D eigenvalue weighted by Gasteiger charge is -2.15. The molecule has 2 aromatic heterocycles. The van der Waals surface area contributed by atoms with E-state index in [0.29, 0.717) is 0 Å². The zero-order chi connectivity index (χ0) is 14.7. The second-order valence-corrected chi connectivity index (χ2v) is 7.25. The molecular weight excluding hydrogens is 298 g/mol. The number of aromatic nitrogens is 2. The molecule has 21 heavy (non-hydrogen) atoms. The Balaban J connectivity index is 1.83. The topological polar surface area (TPSA) is 37.8 Å². The van der Waals surface area contributed by atoms with Gasteiger partial charge in [0.1, 0.15) is 0 Å². The highest BCUT2D eigenvalue weighted by Crippen LogP contribution is 2.26. The van der Waals surface area contributed by atoms with E-state index in [0.717, 1.165) is 35.6 Å². The summed E-state index contributed by atoms with van der Waals surface area (Å²) in [7, 11) is 0. The van der Waals surface area contributed by atoms with Crippen LogP contribution >= 0.6 is 22.7 Å². The second-order valence-electron chi connectivity index (χ2n) is 5.08. The van der Waals surface area contributed by atoms with Crippen LogP contribution in [-0.4, -0.2) is 16.5 Å². The van der Waals surface area contributed by atoms with Crippen molar-refractivity contribution in [2.24, 2.45) is 0 Å². The average Bonchev–Trinajstić information content (AvgIpc) is 3.08. The predicted molar refractivity (Wildman–Crippen MR) is 91.2 cm³/mol. The van der Waals surface area contributed by atoms with Crippen LogP contribution in [0.15, 0.2) is 29.6 Å². The summed E-state index contributed by atoms with van der Waals surface area (Å²) >= 11 is 3.50. The normalized spacial score (nSPS) is 12.9. The van der Waals surface area contributed by atoms with Crippen molar-refractivity contribution in [2.45, 2.75) is 32.7 Å². The van der Waals surface area contributed by atoms with Crippen LogP contribution in [-0.2, 0) is 6.42 Å². The first-order chi connectivity index (χ1) is 10.3. The van der Waals surface area contributed by atoms with Crippen molar-refractivity contribution in [2.75, 3.05) is 6.54 Å². The number of aryl methyl sites for hydroxylation is 1. The van der Waals surface area contributed by atoms with Gasteiger partial charge in [-0.2, -0.15) is 0 Å². The third kappa shape index (κ3) is 3.48. The van der Waals surface area contributed by atoms with Crippen LogP contribution in [0.3, 0.4) is 0 Å². The fraction of sp³-hybridized carbons (Fsp3) is 0.375. The molecule has 110 valence electrons. The van der Waals surface area contributed by atoms with Crippen LogP contribution in [0.25, 0.3) is 10.2 Å². The standard InChI is InChI=1S/C16H19N3S2/c1-3-8-17-13(14-10-20-11(2)18-14)9-16-19-12-6-4-5-7-15(12)21-16/h4-7,10,13,17H,3,8-9H2,1-2H3. The third-order valence-electron chi connectivity index (χ3n) is 3.35. The van der Waals surface area contributed by atoms with Crippen LogP contribution in [0.5, 0.6) is 0 Å². The Morgan fingerprint density at radius 3 is 2.81 bits per heavy atom. The summed E-state index contributed by atoms with van der Waals surface area (Å²) in [6.07, 6.45) is 2.03. The molecule has 0 bridgehead atoms. The predicted octanol–water partition coefficient (Wildman–Crippen LogP) is 4.34. The number of nitrogens with one attached hydrogen (secondary N) is 1. The van der Waals surface area contributed by atoms with Crippen molar-refractivity contribution < 1.29 is 0 Å². The van der Waals surface area contributed by atoms with E-state index >= 15 is 0 Å². The zero-order valence-electron chi connectivity index (χ0n) is 12.3. The van der Waals surface area contributed by atoms with Gasteiger partial charge in [-0.3, -0.25) is 0 Å². The van der Waals surface area contributed by atoms with Crippen molar-refractivity contribution >= 4 is 32.9 Å². The molecule has 3 aromatic rings. The van der Waals surface area contributed by atoms with Crippen molar-refractivity contribution in [1.82, 2.24) is 15.3 Å². The Labute approximate surface area is 133 Å². The van der Waals surface area contributed by atoms with E-state index in [1.165, 1.54) is 9.71 Å². The van der Waals surface area contributed by atoms with Gasteiger partial charge in [0.05, 0.1) is 32.0 Å². The smallest absolute Gasteiger partial charge is 0.0958 e. The Hall–Kier alpha value is -1.30. The van der Waals surface area contributed by atoms with E-state index in [4.69, 9.17) is 4.98 Å². The van der Waals surface area contributed by atoms with Crippen molar-refractivity contribution in [3.8, 4) is 0 Å². The van der Waals surface area contributed by atoms with Gasteiger partial charge in [-0.05, 0) is 32.0 Å². The number of rotatable bonds is 6. The molecule has 0 aliphatic heterocycles. The maximum atomic E-state index is 4.75. The van der Waals surface area contributed by atoms with Gasteiger partial charge in [0, 0.05) is 11.8 Å². The maximum Gasteiger partial charge on any atom is 0.0958 e. The summed E-state index contributed by atoms with van der Waals surface area (Å²) < 4.78 is 1.26. The number of benzene rings is 1. The maximum absolute atomic E-state index is 4.75. The van der Waals surface area contributed by atoms with Crippen LogP contribution in [0.2, 0.25) is 0 Å². The summed E-state index contributed by atoms with van der Waals surface area (Å²) in [6.45, 7) is 5.25. The number of nitrogens with zero attached hydrogens (tertiary/aromatic N) is 2. The summed E-state index contributed by atoms with van der Waals surface area (Å²) in [5.74, 6) is 0. The molecule has 1 N–H and O–H groups in total. The summed E-state index contributed by atoms with van der Waals surface area (Å²) in [4.78, 5) is 9.39. The highest BCUT2D eigenvalue weighted by Gasteiger charge is 2.16. The first kappa shape index (κ1) is 14.6. The number of hydrogen-bond donors (Lipinski definition) is 1. The van der Waals surface area contributed by atoms with Crippen LogP contribution in [0.4, 0.5) is 0 Å². The molecule has 1 aromatic carbocycles. The zero-order valence-corrected chi connectivity index (χ0v) is 13.9. The van der Waals surface area contributed by atoms with Gasteiger partial charge in [-0.1, -0.05) is 19.1 Å². The Kier molecular flexibility index (Phi) is 4.63. The molecule has 0 fully saturated rings. The molecule has 3 rings (SSSR count).